The molecule has 0 saturated heterocycles. The van der Waals surface area contributed by atoms with E-state index < -0.39 is 18.0 Å². The van der Waals surface area contributed by atoms with Crippen LogP contribution in [0.4, 0.5) is 10.5 Å². The molecule has 5 heteroatoms. The lowest BCUT2D eigenvalue weighted by molar-refractivity contribution is -0.139. The monoisotopic (exact) mass is 250 g/mol. The van der Waals surface area contributed by atoms with Crippen molar-refractivity contribution >= 4 is 17.7 Å². The maximum atomic E-state index is 11.6. The minimum absolute atomic E-state index is 0.197. The summed E-state index contributed by atoms with van der Waals surface area (Å²) in [7, 11) is 0. The minimum Gasteiger partial charge on any atom is -0.480 e. The smallest absolute Gasteiger partial charge is 0.326 e. The Bertz CT molecular complexity index is 404. The Kier molecular flexibility index (Phi) is 5.17. The summed E-state index contributed by atoms with van der Waals surface area (Å²) in [5.41, 5.74) is 0.628. The van der Waals surface area contributed by atoms with E-state index >= 15 is 0 Å². The van der Waals surface area contributed by atoms with E-state index in [-0.39, 0.29) is 5.92 Å². The van der Waals surface area contributed by atoms with Crippen molar-refractivity contribution < 1.29 is 14.7 Å². The van der Waals surface area contributed by atoms with Crippen LogP contribution in [0.1, 0.15) is 20.3 Å². The molecule has 0 aliphatic rings. The number of para-hydroxylation sites is 1. The summed E-state index contributed by atoms with van der Waals surface area (Å²) in [5, 5.41) is 14.0. The van der Waals surface area contributed by atoms with E-state index in [1.807, 2.05) is 19.9 Å². The third-order valence-electron chi connectivity index (χ3n) is 2.34. The topological polar surface area (TPSA) is 78.4 Å². The Hall–Kier alpha value is -2.04. The molecular weight excluding hydrogens is 232 g/mol. The van der Waals surface area contributed by atoms with Crippen molar-refractivity contribution in [3.8, 4) is 0 Å². The van der Waals surface area contributed by atoms with E-state index in [2.05, 4.69) is 10.6 Å². The number of carboxylic acids is 1. The molecule has 98 valence electrons. The van der Waals surface area contributed by atoms with Crippen molar-refractivity contribution in [2.24, 2.45) is 5.92 Å². The van der Waals surface area contributed by atoms with Gasteiger partial charge >= 0.3 is 12.0 Å². The first-order valence-corrected chi connectivity index (χ1v) is 5.84. The zero-order valence-corrected chi connectivity index (χ0v) is 10.5. The van der Waals surface area contributed by atoms with Crippen molar-refractivity contribution in [3.63, 3.8) is 0 Å². The highest BCUT2D eigenvalue weighted by atomic mass is 16.4. The van der Waals surface area contributed by atoms with Crippen LogP contribution in [-0.4, -0.2) is 23.1 Å². The minimum atomic E-state index is -1.02. The number of amides is 2. The molecule has 0 unspecified atom stereocenters. The summed E-state index contributed by atoms with van der Waals surface area (Å²) >= 11 is 0. The highest BCUT2D eigenvalue weighted by Crippen LogP contribution is 2.07. The molecule has 0 aromatic heterocycles. The van der Waals surface area contributed by atoms with Crippen LogP contribution in [0.5, 0.6) is 0 Å². The third kappa shape index (κ3) is 4.86. The van der Waals surface area contributed by atoms with Gasteiger partial charge in [0, 0.05) is 5.69 Å². The van der Waals surface area contributed by atoms with Crippen LogP contribution in [0.3, 0.4) is 0 Å². The van der Waals surface area contributed by atoms with E-state index in [9.17, 15) is 9.59 Å². The van der Waals surface area contributed by atoms with Crippen molar-refractivity contribution in [2.45, 2.75) is 26.3 Å². The quantitative estimate of drug-likeness (QED) is 0.750. The van der Waals surface area contributed by atoms with Gasteiger partial charge in [-0.05, 0) is 24.5 Å². The fraction of sp³-hybridized carbons (Fsp3) is 0.385. The first kappa shape index (κ1) is 14.0. The zero-order chi connectivity index (χ0) is 13.5. The van der Waals surface area contributed by atoms with Crippen LogP contribution >= 0.6 is 0 Å². The number of anilines is 1. The standard InChI is InChI=1S/C13H18N2O3/c1-9(2)8-11(12(16)17)15-13(18)14-10-6-4-3-5-7-10/h3-7,9,11H,8H2,1-2H3,(H,16,17)(H2,14,15,18)/t11-/m1/s1. The molecule has 0 aliphatic carbocycles. The molecule has 1 aromatic rings. The number of carboxylic acid groups (broad SMARTS) is 1. The lowest BCUT2D eigenvalue weighted by Gasteiger charge is -2.16. The summed E-state index contributed by atoms with van der Waals surface area (Å²) in [4.78, 5) is 22.6. The Morgan fingerprint density at radius 3 is 2.33 bits per heavy atom. The first-order valence-electron chi connectivity index (χ1n) is 5.84. The molecule has 0 fully saturated rings. The second-order valence-electron chi connectivity index (χ2n) is 4.48. The predicted molar refractivity (Wildman–Crippen MR) is 69.5 cm³/mol. The molecule has 0 aliphatic heterocycles. The number of nitrogens with one attached hydrogen (secondary N) is 2. The number of carbonyl (C=O) groups excluding carboxylic acids is 1. The number of hydrogen-bond donors (Lipinski definition) is 3. The van der Waals surface area contributed by atoms with Gasteiger partial charge in [0.25, 0.3) is 0 Å². The maximum absolute atomic E-state index is 11.6. The highest BCUT2D eigenvalue weighted by Gasteiger charge is 2.20. The predicted octanol–water partition coefficient (Wildman–Crippen LogP) is 2.31. The molecule has 0 radical (unpaired) electrons. The molecule has 1 atom stereocenters. The Morgan fingerprint density at radius 2 is 1.83 bits per heavy atom. The summed E-state index contributed by atoms with van der Waals surface area (Å²) in [6, 6.07) is 7.51. The van der Waals surface area contributed by atoms with Gasteiger partial charge in [0.1, 0.15) is 6.04 Å². The molecule has 0 spiro atoms. The maximum Gasteiger partial charge on any atom is 0.326 e. The van der Waals surface area contributed by atoms with E-state index in [1.54, 1.807) is 24.3 Å². The molecule has 18 heavy (non-hydrogen) atoms. The number of carbonyl (C=O) groups is 2. The normalized spacial score (nSPS) is 11.9. The van der Waals surface area contributed by atoms with Crippen molar-refractivity contribution in [2.75, 3.05) is 5.32 Å². The molecule has 0 heterocycles. The molecule has 3 N–H and O–H groups in total. The van der Waals surface area contributed by atoms with Gasteiger partial charge in [0.05, 0.1) is 0 Å². The molecule has 1 rings (SSSR count). The Balaban J connectivity index is 2.54. The van der Waals surface area contributed by atoms with Crippen LogP contribution in [0.25, 0.3) is 0 Å². The Morgan fingerprint density at radius 1 is 1.22 bits per heavy atom. The van der Waals surface area contributed by atoms with Crippen molar-refractivity contribution in [1.82, 2.24) is 5.32 Å². The lowest BCUT2D eigenvalue weighted by atomic mass is 10.0. The summed E-state index contributed by atoms with van der Waals surface area (Å²) < 4.78 is 0. The van der Waals surface area contributed by atoms with Gasteiger partial charge in [0.15, 0.2) is 0 Å². The fourth-order valence-electron chi connectivity index (χ4n) is 1.54. The van der Waals surface area contributed by atoms with Gasteiger partial charge < -0.3 is 15.7 Å². The number of urea groups is 1. The van der Waals surface area contributed by atoms with E-state index in [0.717, 1.165) is 0 Å². The fourth-order valence-corrected chi connectivity index (χ4v) is 1.54. The van der Waals surface area contributed by atoms with Gasteiger partial charge in [-0.25, -0.2) is 9.59 Å². The third-order valence-corrected chi connectivity index (χ3v) is 2.34. The van der Waals surface area contributed by atoms with E-state index in [1.165, 1.54) is 0 Å². The SMILES string of the molecule is CC(C)C[C@@H](NC(=O)Nc1ccccc1)C(=O)O. The average Bonchev–Trinajstić information content (AvgIpc) is 2.28. The first-order chi connectivity index (χ1) is 8.49. The molecule has 5 nitrogen and oxygen atoms in total. The zero-order valence-electron chi connectivity index (χ0n) is 10.5. The van der Waals surface area contributed by atoms with Crippen molar-refractivity contribution in [3.05, 3.63) is 30.3 Å². The Labute approximate surface area is 106 Å². The number of aliphatic carboxylic acids is 1. The van der Waals surface area contributed by atoms with E-state index in [0.29, 0.717) is 12.1 Å². The number of rotatable bonds is 5. The second kappa shape index (κ2) is 6.64. The number of hydrogen-bond acceptors (Lipinski definition) is 2. The van der Waals surface area contributed by atoms with Crippen LogP contribution in [-0.2, 0) is 4.79 Å². The number of benzene rings is 1. The molecule has 0 bridgehead atoms. The van der Waals surface area contributed by atoms with E-state index in [4.69, 9.17) is 5.11 Å². The largest absolute Gasteiger partial charge is 0.480 e. The summed E-state index contributed by atoms with van der Waals surface area (Å²) in [5.74, 6) is -0.824. The summed E-state index contributed by atoms with van der Waals surface area (Å²) in [6.07, 6.45) is 0.400. The van der Waals surface area contributed by atoms with Crippen molar-refractivity contribution in [1.29, 1.82) is 0 Å². The van der Waals surface area contributed by atoms with Gasteiger partial charge in [-0.3, -0.25) is 0 Å². The molecular formula is C13H18N2O3. The average molecular weight is 250 g/mol. The summed E-state index contributed by atoms with van der Waals surface area (Å²) in [6.45, 7) is 3.82. The van der Waals surface area contributed by atoms with Gasteiger partial charge in [0.2, 0.25) is 0 Å². The van der Waals surface area contributed by atoms with Crippen LogP contribution in [0.2, 0.25) is 0 Å². The highest BCUT2D eigenvalue weighted by molar-refractivity contribution is 5.92. The molecule has 1 aromatic carbocycles. The van der Waals surface area contributed by atoms with Crippen LogP contribution < -0.4 is 10.6 Å². The molecule has 0 saturated carbocycles. The lowest BCUT2D eigenvalue weighted by Crippen LogP contribution is -2.43. The molecule has 2 amide bonds. The van der Waals surface area contributed by atoms with Gasteiger partial charge in [-0.2, -0.15) is 0 Å². The second-order valence-corrected chi connectivity index (χ2v) is 4.48. The van der Waals surface area contributed by atoms with Crippen LogP contribution in [0, 0.1) is 5.92 Å². The van der Waals surface area contributed by atoms with Gasteiger partial charge in [-0.15, -0.1) is 0 Å². The van der Waals surface area contributed by atoms with Crippen LogP contribution in [0.15, 0.2) is 30.3 Å². The van der Waals surface area contributed by atoms with Gasteiger partial charge in [-0.1, -0.05) is 32.0 Å².